The van der Waals surface area contributed by atoms with Crippen molar-refractivity contribution in [3.63, 3.8) is 0 Å². The van der Waals surface area contributed by atoms with E-state index in [-0.39, 0.29) is 35.3 Å². The highest BCUT2D eigenvalue weighted by Crippen LogP contribution is 2.37. The van der Waals surface area contributed by atoms with Crippen molar-refractivity contribution in [1.82, 2.24) is 14.5 Å². The van der Waals surface area contributed by atoms with Crippen molar-refractivity contribution in [2.45, 2.75) is 12.7 Å². The average Bonchev–Trinajstić information content (AvgIpc) is 3.47. The van der Waals surface area contributed by atoms with E-state index in [0.717, 1.165) is 19.2 Å². The molecule has 0 saturated carbocycles. The summed E-state index contributed by atoms with van der Waals surface area (Å²) in [5, 5.41) is 3.27. The van der Waals surface area contributed by atoms with Gasteiger partial charge < -0.3 is 28.8 Å². The van der Waals surface area contributed by atoms with Crippen molar-refractivity contribution in [1.29, 1.82) is 0 Å². The number of ether oxygens (including phenoxy) is 4. The summed E-state index contributed by atoms with van der Waals surface area (Å²) in [5.41, 5.74) is 0.946. The molecule has 0 aliphatic rings. The summed E-state index contributed by atoms with van der Waals surface area (Å²) in [4.78, 5) is 32.6. The zero-order chi connectivity index (χ0) is 32.7. The zero-order valence-corrected chi connectivity index (χ0v) is 25.0. The van der Waals surface area contributed by atoms with Crippen LogP contribution in [0.4, 0.5) is 24.7 Å². The molecule has 0 aliphatic heterocycles. The minimum absolute atomic E-state index is 0.0603. The zero-order valence-electron chi connectivity index (χ0n) is 24.2. The smallest absolute Gasteiger partial charge is 0.416 e. The molecule has 0 fully saturated rings. The second-order valence-corrected chi connectivity index (χ2v) is 10.1. The number of esters is 2. The van der Waals surface area contributed by atoms with E-state index in [1.165, 1.54) is 18.5 Å². The van der Waals surface area contributed by atoms with Gasteiger partial charge in [0.1, 0.15) is 29.9 Å². The van der Waals surface area contributed by atoms with Crippen LogP contribution in [0, 0.1) is 0 Å². The highest BCUT2D eigenvalue weighted by molar-refractivity contribution is 6.32. The van der Waals surface area contributed by atoms with E-state index >= 15 is 0 Å². The van der Waals surface area contributed by atoms with Gasteiger partial charge in [-0.3, -0.25) is 0 Å². The van der Waals surface area contributed by atoms with Crippen LogP contribution in [-0.2, 0) is 26.9 Å². The number of benzene rings is 3. The molecule has 3 aromatic carbocycles. The van der Waals surface area contributed by atoms with Crippen LogP contribution in [0.1, 0.15) is 26.3 Å². The number of carbonyl (C=O) groups excluding carboxylic acids is 2. The molecule has 14 heteroatoms. The van der Waals surface area contributed by atoms with E-state index in [9.17, 15) is 22.8 Å². The van der Waals surface area contributed by atoms with E-state index in [4.69, 9.17) is 25.8 Å². The van der Waals surface area contributed by atoms with Crippen molar-refractivity contribution in [3.8, 4) is 11.5 Å². The number of nitrogens with zero attached hydrogens (tertiary/aromatic N) is 3. The molecule has 0 spiro atoms. The number of hydrogen-bond donors (Lipinski definition) is 1. The summed E-state index contributed by atoms with van der Waals surface area (Å²) in [6, 6.07) is 17.7. The fourth-order valence-corrected chi connectivity index (χ4v) is 4.63. The van der Waals surface area contributed by atoms with E-state index in [2.05, 4.69) is 20.0 Å². The molecule has 0 bridgehead atoms. The Hall–Kier alpha value is -5.14. The maximum absolute atomic E-state index is 13.4. The fourth-order valence-electron chi connectivity index (χ4n) is 4.41. The minimum atomic E-state index is -4.72. The lowest BCUT2D eigenvalue weighted by Crippen LogP contribution is -2.13. The van der Waals surface area contributed by atoms with Gasteiger partial charge >= 0.3 is 18.1 Å². The van der Waals surface area contributed by atoms with E-state index in [0.29, 0.717) is 47.3 Å². The lowest BCUT2D eigenvalue weighted by atomic mass is 10.1. The molecule has 238 valence electrons. The number of nitrogens with one attached hydrogen (secondary N) is 1. The molecule has 0 saturated heterocycles. The van der Waals surface area contributed by atoms with E-state index in [1.807, 2.05) is 22.9 Å². The number of carbonyl (C=O) groups is 2. The van der Waals surface area contributed by atoms with Gasteiger partial charge in [-0.25, -0.2) is 19.6 Å². The number of anilines is 2. The van der Waals surface area contributed by atoms with Gasteiger partial charge in [0.15, 0.2) is 5.82 Å². The van der Waals surface area contributed by atoms with Gasteiger partial charge in [0.25, 0.3) is 0 Å². The van der Waals surface area contributed by atoms with Gasteiger partial charge in [0, 0.05) is 18.4 Å². The number of methoxy groups -OCH3 is 1. The van der Waals surface area contributed by atoms with E-state index in [1.54, 1.807) is 30.3 Å². The van der Waals surface area contributed by atoms with Gasteiger partial charge in [-0.1, -0.05) is 29.8 Å². The highest BCUT2D eigenvalue weighted by Gasteiger charge is 2.32. The first-order valence-corrected chi connectivity index (χ1v) is 14.1. The van der Waals surface area contributed by atoms with Crippen molar-refractivity contribution in [2.24, 2.45) is 0 Å². The second kappa shape index (κ2) is 14.3. The van der Waals surface area contributed by atoms with Crippen LogP contribution in [0.3, 0.4) is 0 Å². The Bertz CT molecular complexity index is 1850. The Morgan fingerprint density at radius 1 is 0.913 bits per heavy atom. The van der Waals surface area contributed by atoms with Crippen molar-refractivity contribution in [2.75, 3.05) is 32.2 Å². The molecular weight excluding hydrogens is 629 g/mol. The topological polar surface area (TPSA) is 114 Å². The molecule has 2 heterocycles. The lowest BCUT2D eigenvalue weighted by Gasteiger charge is -2.14. The summed E-state index contributed by atoms with van der Waals surface area (Å²) in [7, 11) is 1.07. The minimum Gasteiger partial charge on any atom is -0.465 e. The maximum Gasteiger partial charge on any atom is 0.416 e. The van der Waals surface area contributed by atoms with Gasteiger partial charge in [-0.15, -0.1) is 0 Å². The first-order valence-electron chi connectivity index (χ1n) is 13.8. The summed E-state index contributed by atoms with van der Waals surface area (Å²) in [6.07, 6.45) is -1.48. The quantitative estimate of drug-likeness (QED) is 0.109. The Morgan fingerprint density at radius 3 is 2.46 bits per heavy atom. The monoisotopic (exact) mass is 654 g/mol. The van der Waals surface area contributed by atoms with Crippen molar-refractivity contribution in [3.05, 3.63) is 107 Å². The standard InChI is InChI=1S/C32H26ClF3N4O6/c1-43-30(41)21-15-22(32(34,35)36)17-24(16-21)46-27-8-7-23(18-25(27)33)39-29-28-26(37-19-38-29)9-10-40(28)11-12-44-13-14-45-31(42)20-5-3-2-4-6-20/h2-10,15-19H,11-14H2,1H3,(H,37,38,39). The third-order valence-electron chi connectivity index (χ3n) is 6.57. The normalized spacial score (nSPS) is 11.3. The molecule has 0 radical (unpaired) electrons. The number of fused-ring (bicyclic) bond motifs is 1. The van der Waals surface area contributed by atoms with Crippen LogP contribution in [-0.4, -0.2) is 53.4 Å². The lowest BCUT2D eigenvalue weighted by molar-refractivity contribution is -0.137. The van der Waals surface area contributed by atoms with Crippen LogP contribution in [0.5, 0.6) is 11.5 Å². The molecule has 10 nitrogen and oxygen atoms in total. The molecule has 0 amide bonds. The van der Waals surface area contributed by atoms with Gasteiger partial charge in [-0.05, 0) is 54.6 Å². The molecule has 5 rings (SSSR count). The molecule has 1 N–H and O–H groups in total. The van der Waals surface area contributed by atoms with Crippen LogP contribution >= 0.6 is 11.6 Å². The maximum atomic E-state index is 13.4. The molecule has 5 aromatic rings. The SMILES string of the molecule is COC(=O)c1cc(Oc2ccc(Nc3ncnc4ccn(CCOCCOC(=O)c5ccccc5)c34)cc2Cl)cc(C(F)(F)F)c1. The number of halogens is 4. The Kier molecular flexibility index (Phi) is 10.0. The summed E-state index contributed by atoms with van der Waals surface area (Å²) < 4.78 is 63.3. The largest absolute Gasteiger partial charge is 0.465 e. The summed E-state index contributed by atoms with van der Waals surface area (Å²) in [6.45, 7) is 1.11. The predicted octanol–water partition coefficient (Wildman–Crippen LogP) is 7.30. The van der Waals surface area contributed by atoms with Crippen molar-refractivity contribution >= 4 is 46.1 Å². The second-order valence-electron chi connectivity index (χ2n) is 9.69. The van der Waals surface area contributed by atoms with Crippen molar-refractivity contribution < 1.29 is 41.7 Å². The molecule has 0 aliphatic carbocycles. The third-order valence-corrected chi connectivity index (χ3v) is 6.87. The average molecular weight is 655 g/mol. The first kappa shape index (κ1) is 32.3. The van der Waals surface area contributed by atoms with Crippen LogP contribution in [0.25, 0.3) is 11.0 Å². The Morgan fingerprint density at radius 2 is 1.72 bits per heavy atom. The summed E-state index contributed by atoms with van der Waals surface area (Å²) >= 11 is 6.43. The molecule has 0 unspecified atom stereocenters. The number of rotatable bonds is 12. The molecular formula is C32H26ClF3N4O6. The highest BCUT2D eigenvalue weighted by atomic mass is 35.5. The van der Waals surface area contributed by atoms with Crippen LogP contribution in [0.2, 0.25) is 5.02 Å². The van der Waals surface area contributed by atoms with Crippen LogP contribution in [0.15, 0.2) is 85.3 Å². The molecule has 0 atom stereocenters. The van der Waals surface area contributed by atoms with Crippen LogP contribution < -0.4 is 10.1 Å². The Balaban J connectivity index is 1.23. The third kappa shape index (κ3) is 7.92. The number of aromatic nitrogens is 3. The van der Waals surface area contributed by atoms with E-state index < -0.39 is 23.7 Å². The summed E-state index contributed by atoms with van der Waals surface area (Å²) in [5.74, 6) is -1.08. The predicted molar refractivity (Wildman–Crippen MR) is 163 cm³/mol. The molecule has 46 heavy (non-hydrogen) atoms. The Labute approximate surface area is 265 Å². The first-order chi connectivity index (χ1) is 22.1. The van der Waals surface area contributed by atoms with Gasteiger partial charge in [0.2, 0.25) is 0 Å². The van der Waals surface area contributed by atoms with Gasteiger partial charge in [0.05, 0.1) is 47.6 Å². The van der Waals surface area contributed by atoms with Gasteiger partial charge in [-0.2, -0.15) is 13.2 Å². The fraction of sp³-hybridized carbons (Fsp3) is 0.188. The molecule has 2 aromatic heterocycles. The number of alkyl halides is 3. The number of hydrogen-bond acceptors (Lipinski definition) is 9.